The second-order valence-corrected chi connectivity index (χ2v) is 12.2. The highest BCUT2D eigenvalue weighted by atomic mass is 35.5. The van der Waals surface area contributed by atoms with E-state index in [0.717, 1.165) is 34.7 Å². The number of aromatic hydroxyl groups is 1. The molecule has 2 N–H and O–H groups in total. The summed E-state index contributed by atoms with van der Waals surface area (Å²) in [6.45, 7) is 1.94. The number of nitrogens with one attached hydrogen (secondary N) is 1. The number of carbonyl (C=O) groups is 1. The number of alkyl halides is 3. The fraction of sp³-hybridized carbons (Fsp3) is 0.162. The lowest BCUT2D eigenvalue weighted by atomic mass is 9.65. The second-order valence-electron chi connectivity index (χ2n) is 10.6. The van der Waals surface area contributed by atoms with Gasteiger partial charge in [0, 0.05) is 4.90 Å². The summed E-state index contributed by atoms with van der Waals surface area (Å²) < 4.78 is 39.7. The number of thioether (sulfide) groups is 1. The normalized spacial score (nSPS) is 11.8. The number of unbranched alkanes of at least 4 members (excludes halogenated alkanes) is 1. The van der Waals surface area contributed by atoms with Crippen LogP contribution >= 0.6 is 23.4 Å². The van der Waals surface area contributed by atoms with Crippen LogP contribution in [0.1, 0.15) is 57.9 Å². The number of halogens is 4. The van der Waals surface area contributed by atoms with Crippen molar-refractivity contribution in [2.24, 2.45) is 0 Å². The molecule has 0 aliphatic rings. The van der Waals surface area contributed by atoms with Crippen molar-refractivity contribution in [3.63, 3.8) is 0 Å². The summed E-state index contributed by atoms with van der Waals surface area (Å²) in [4.78, 5) is 13.3. The SMILES string of the molecule is CCCCc1cc(SC(F)(F)F)cc(C(=O)Nc2ccc(C(c3ccccc3)(c3ccccc3)c3ccccc3)cc2Cl)c1O. The third kappa shape index (κ3) is 7.05. The Bertz CT molecular complexity index is 1670. The van der Waals surface area contributed by atoms with E-state index in [2.05, 4.69) is 41.7 Å². The van der Waals surface area contributed by atoms with E-state index in [1.165, 1.54) is 6.07 Å². The van der Waals surface area contributed by atoms with Crippen LogP contribution in [0.15, 0.2) is 126 Å². The monoisotopic (exact) mass is 645 g/mol. The molecule has 0 fully saturated rings. The zero-order valence-corrected chi connectivity index (χ0v) is 26.0. The minimum atomic E-state index is -4.55. The van der Waals surface area contributed by atoms with Gasteiger partial charge >= 0.3 is 5.51 Å². The van der Waals surface area contributed by atoms with Gasteiger partial charge in [-0.3, -0.25) is 4.79 Å². The summed E-state index contributed by atoms with van der Waals surface area (Å²) in [6, 6.07) is 37.9. The first-order chi connectivity index (χ1) is 21.6. The molecule has 0 spiro atoms. The number of anilines is 1. The quantitative estimate of drug-likeness (QED) is 0.117. The maximum absolute atomic E-state index is 13.5. The number of benzene rings is 5. The first kappa shape index (κ1) is 32.2. The van der Waals surface area contributed by atoms with E-state index in [1.54, 1.807) is 12.1 Å². The number of hydrogen-bond donors (Lipinski definition) is 2. The van der Waals surface area contributed by atoms with Crippen molar-refractivity contribution in [1.82, 2.24) is 0 Å². The Morgan fingerprint density at radius 2 is 1.31 bits per heavy atom. The van der Waals surface area contributed by atoms with Crippen molar-refractivity contribution >= 4 is 35.0 Å². The van der Waals surface area contributed by atoms with Crippen LogP contribution in [0, 0.1) is 0 Å². The van der Waals surface area contributed by atoms with Gasteiger partial charge in [-0.1, -0.05) is 122 Å². The number of aryl methyl sites for hydroxylation is 1. The molecule has 0 atom stereocenters. The first-order valence-electron chi connectivity index (χ1n) is 14.5. The standard InChI is InChI=1S/C37H31ClF3NO2S/c1-2-3-13-25-22-30(45-37(39,40)41)24-31(34(25)43)35(44)42-33-21-20-29(23-32(33)38)36(26-14-7-4-8-15-26,27-16-9-5-10-17-27)28-18-11-6-12-19-28/h4-12,14-24,43H,2-3,13H2,1H3,(H,42,44). The number of hydrogen-bond acceptors (Lipinski definition) is 3. The van der Waals surface area contributed by atoms with Crippen molar-refractivity contribution in [2.75, 3.05) is 5.32 Å². The van der Waals surface area contributed by atoms with Gasteiger partial charge in [-0.05, 0) is 76.7 Å². The molecule has 0 radical (unpaired) electrons. The summed E-state index contributed by atoms with van der Waals surface area (Å²) in [7, 11) is 0. The fourth-order valence-corrected chi connectivity index (χ4v) is 6.57. The fourth-order valence-electron chi connectivity index (χ4n) is 5.69. The van der Waals surface area contributed by atoms with E-state index in [4.69, 9.17) is 11.6 Å². The van der Waals surface area contributed by atoms with Crippen LogP contribution in [-0.2, 0) is 11.8 Å². The number of amides is 1. The van der Waals surface area contributed by atoms with Gasteiger partial charge in [0.25, 0.3) is 5.91 Å². The molecule has 0 saturated carbocycles. The molecule has 0 bridgehead atoms. The average molecular weight is 646 g/mol. The van der Waals surface area contributed by atoms with Crippen molar-refractivity contribution in [3.8, 4) is 5.75 Å². The van der Waals surface area contributed by atoms with Gasteiger partial charge in [0.15, 0.2) is 0 Å². The number of phenols is 1. The summed E-state index contributed by atoms with van der Waals surface area (Å²) in [6.07, 6.45) is 1.76. The number of carbonyl (C=O) groups excluding carboxylic acids is 1. The Morgan fingerprint density at radius 3 is 1.78 bits per heavy atom. The molecular formula is C37H31ClF3NO2S. The molecule has 0 unspecified atom stereocenters. The van der Waals surface area contributed by atoms with E-state index in [0.29, 0.717) is 12.8 Å². The van der Waals surface area contributed by atoms with Gasteiger partial charge in [-0.25, -0.2) is 0 Å². The molecule has 5 aromatic rings. The van der Waals surface area contributed by atoms with Crippen LogP contribution in [0.5, 0.6) is 5.75 Å². The first-order valence-corrected chi connectivity index (χ1v) is 15.7. The minimum Gasteiger partial charge on any atom is -0.507 e. The Kier molecular flexibility index (Phi) is 9.90. The molecule has 3 nitrogen and oxygen atoms in total. The lowest BCUT2D eigenvalue weighted by molar-refractivity contribution is -0.0328. The van der Waals surface area contributed by atoms with E-state index < -0.39 is 16.8 Å². The lowest BCUT2D eigenvalue weighted by Gasteiger charge is -2.37. The van der Waals surface area contributed by atoms with Gasteiger partial charge in [0.2, 0.25) is 0 Å². The summed E-state index contributed by atoms with van der Waals surface area (Å²) in [5.74, 6) is -1.10. The smallest absolute Gasteiger partial charge is 0.446 e. The highest BCUT2D eigenvalue weighted by molar-refractivity contribution is 8.00. The topological polar surface area (TPSA) is 49.3 Å². The van der Waals surface area contributed by atoms with E-state index in [1.807, 2.05) is 67.6 Å². The molecule has 0 aliphatic carbocycles. The predicted molar refractivity (Wildman–Crippen MR) is 176 cm³/mol. The highest BCUT2D eigenvalue weighted by Gasteiger charge is 2.38. The van der Waals surface area contributed by atoms with Crippen LogP contribution in [0.3, 0.4) is 0 Å². The van der Waals surface area contributed by atoms with Crippen molar-refractivity contribution in [2.45, 2.75) is 42.0 Å². The maximum atomic E-state index is 13.5. The lowest BCUT2D eigenvalue weighted by Crippen LogP contribution is -2.31. The van der Waals surface area contributed by atoms with E-state index in [-0.39, 0.29) is 44.2 Å². The molecule has 230 valence electrons. The van der Waals surface area contributed by atoms with Crippen LogP contribution < -0.4 is 5.32 Å². The molecule has 1 amide bonds. The Balaban J connectivity index is 1.58. The molecule has 45 heavy (non-hydrogen) atoms. The number of rotatable bonds is 10. The molecule has 5 aromatic carbocycles. The van der Waals surface area contributed by atoms with E-state index in [9.17, 15) is 23.1 Å². The van der Waals surface area contributed by atoms with Crippen molar-refractivity contribution < 1.29 is 23.1 Å². The molecule has 5 rings (SSSR count). The van der Waals surface area contributed by atoms with Gasteiger partial charge in [0.05, 0.1) is 21.7 Å². The largest absolute Gasteiger partial charge is 0.507 e. The van der Waals surface area contributed by atoms with Gasteiger partial charge in [0.1, 0.15) is 5.75 Å². The van der Waals surface area contributed by atoms with Gasteiger partial charge in [-0.15, -0.1) is 0 Å². The van der Waals surface area contributed by atoms with Gasteiger partial charge in [-0.2, -0.15) is 13.2 Å². The van der Waals surface area contributed by atoms with Crippen molar-refractivity contribution in [3.05, 3.63) is 160 Å². The zero-order valence-electron chi connectivity index (χ0n) is 24.4. The third-order valence-electron chi connectivity index (χ3n) is 7.71. The Labute approximate surface area is 270 Å². The third-order valence-corrected chi connectivity index (χ3v) is 8.73. The molecule has 0 aromatic heterocycles. The van der Waals surface area contributed by atoms with Crippen LogP contribution in [0.2, 0.25) is 5.02 Å². The predicted octanol–water partition coefficient (Wildman–Crippen LogP) is 10.6. The number of phenolic OH excluding ortho intramolecular Hbond substituents is 1. The van der Waals surface area contributed by atoms with Gasteiger partial charge < -0.3 is 10.4 Å². The second kappa shape index (κ2) is 13.8. The molecule has 0 heterocycles. The summed E-state index contributed by atoms with van der Waals surface area (Å²) in [5, 5.41) is 13.9. The molecule has 0 saturated heterocycles. The van der Waals surface area contributed by atoms with Crippen molar-refractivity contribution in [1.29, 1.82) is 0 Å². The summed E-state index contributed by atoms with van der Waals surface area (Å²) in [5.41, 5.74) is -1.12. The van der Waals surface area contributed by atoms with Crippen LogP contribution in [0.4, 0.5) is 18.9 Å². The minimum absolute atomic E-state index is 0.170. The maximum Gasteiger partial charge on any atom is 0.446 e. The Morgan fingerprint density at radius 1 is 0.778 bits per heavy atom. The average Bonchev–Trinajstić information content (AvgIpc) is 3.03. The molecule has 0 aliphatic heterocycles. The highest BCUT2D eigenvalue weighted by Crippen LogP contribution is 2.46. The van der Waals surface area contributed by atoms with Crippen LogP contribution in [-0.4, -0.2) is 16.5 Å². The Hall–Kier alpha value is -4.20. The summed E-state index contributed by atoms with van der Waals surface area (Å²) >= 11 is 6.54. The molecular weight excluding hydrogens is 615 g/mol. The zero-order chi connectivity index (χ0) is 32.0. The van der Waals surface area contributed by atoms with Crippen LogP contribution in [0.25, 0.3) is 0 Å². The molecule has 8 heteroatoms. The van der Waals surface area contributed by atoms with E-state index >= 15 is 0 Å².